The van der Waals surface area contributed by atoms with E-state index in [1.165, 1.54) is 17.0 Å². The van der Waals surface area contributed by atoms with Gasteiger partial charge < -0.3 is 10.2 Å². The number of hydrogen-bond donors (Lipinski definition) is 1. The van der Waals surface area contributed by atoms with E-state index in [0.29, 0.717) is 10.7 Å². The minimum atomic E-state index is -4.11. The Morgan fingerprint density at radius 2 is 1.53 bits per heavy atom. The molecule has 3 aromatic carbocycles. The van der Waals surface area contributed by atoms with E-state index in [1.807, 2.05) is 51.1 Å². The van der Waals surface area contributed by atoms with Gasteiger partial charge in [-0.3, -0.25) is 13.9 Å². The number of rotatable bonds is 11. The van der Waals surface area contributed by atoms with Crippen LogP contribution in [-0.2, 0) is 26.2 Å². The predicted molar refractivity (Wildman–Crippen MR) is 152 cm³/mol. The molecule has 7 nitrogen and oxygen atoms in total. The average Bonchev–Trinajstić information content (AvgIpc) is 2.91. The van der Waals surface area contributed by atoms with Gasteiger partial charge in [-0.15, -0.1) is 0 Å². The first-order valence-electron chi connectivity index (χ1n) is 12.5. The molecule has 0 unspecified atom stereocenters. The van der Waals surface area contributed by atoms with Crippen LogP contribution in [0.5, 0.6) is 0 Å². The third kappa shape index (κ3) is 7.36. The fraction of sp³-hybridized carbons (Fsp3) is 0.310. The number of amides is 2. The van der Waals surface area contributed by atoms with Gasteiger partial charge in [-0.1, -0.05) is 66.6 Å². The third-order valence-corrected chi connectivity index (χ3v) is 8.41. The fourth-order valence-corrected chi connectivity index (χ4v) is 5.34. The van der Waals surface area contributed by atoms with E-state index >= 15 is 0 Å². The van der Waals surface area contributed by atoms with E-state index in [-0.39, 0.29) is 23.4 Å². The van der Waals surface area contributed by atoms with Crippen LogP contribution in [0, 0.1) is 6.92 Å². The third-order valence-electron chi connectivity index (χ3n) is 6.37. The zero-order chi connectivity index (χ0) is 27.9. The lowest BCUT2D eigenvalue weighted by atomic mass is 10.1. The fourth-order valence-electron chi connectivity index (χ4n) is 3.80. The van der Waals surface area contributed by atoms with Gasteiger partial charge in [0.25, 0.3) is 10.0 Å². The molecule has 0 fully saturated rings. The number of hydrogen-bond acceptors (Lipinski definition) is 4. The Kier molecular flexibility index (Phi) is 9.94. The van der Waals surface area contributed by atoms with Crippen molar-refractivity contribution in [1.82, 2.24) is 10.2 Å². The van der Waals surface area contributed by atoms with E-state index in [4.69, 9.17) is 11.6 Å². The van der Waals surface area contributed by atoms with Crippen molar-refractivity contribution in [1.29, 1.82) is 0 Å². The van der Waals surface area contributed by atoms with Gasteiger partial charge >= 0.3 is 0 Å². The highest BCUT2D eigenvalue weighted by Gasteiger charge is 2.32. The molecule has 0 bridgehead atoms. The standard InChI is InChI=1S/C29H34ClN3O4S/c1-5-22(3)31-29(35)23(4)32(19-24-9-7-6-8-10-24)28(34)20-33(26-15-13-25(30)14-16-26)38(36,37)27-17-11-21(2)12-18-27/h6-18,22-23H,5,19-20H2,1-4H3,(H,31,35)/t22-,23+/m1/s1. The molecule has 3 aromatic rings. The van der Waals surface area contributed by atoms with Gasteiger partial charge in [0, 0.05) is 17.6 Å². The maximum atomic E-state index is 13.8. The second kappa shape index (κ2) is 12.9. The summed E-state index contributed by atoms with van der Waals surface area (Å²) in [5, 5.41) is 3.36. The minimum Gasteiger partial charge on any atom is -0.352 e. The van der Waals surface area contributed by atoms with Crippen molar-refractivity contribution in [3.8, 4) is 0 Å². The number of sulfonamides is 1. The monoisotopic (exact) mass is 555 g/mol. The molecule has 0 heterocycles. The largest absolute Gasteiger partial charge is 0.352 e. The van der Waals surface area contributed by atoms with Crippen molar-refractivity contribution < 1.29 is 18.0 Å². The first kappa shape index (κ1) is 29.2. The number of nitrogens with zero attached hydrogens (tertiary/aromatic N) is 2. The molecule has 0 saturated carbocycles. The lowest BCUT2D eigenvalue weighted by Gasteiger charge is -2.32. The summed E-state index contributed by atoms with van der Waals surface area (Å²) in [6, 6.07) is 21.1. The SMILES string of the molecule is CC[C@@H](C)NC(=O)[C@H](C)N(Cc1ccccc1)C(=O)CN(c1ccc(Cl)cc1)S(=O)(=O)c1ccc(C)cc1. The van der Waals surface area contributed by atoms with Gasteiger partial charge in [0.15, 0.2) is 0 Å². The normalized spacial score (nSPS) is 12.9. The Balaban J connectivity index is 2.00. The van der Waals surface area contributed by atoms with Gasteiger partial charge in [0.1, 0.15) is 12.6 Å². The molecule has 2 atom stereocenters. The molecule has 0 radical (unpaired) electrons. The first-order chi connectivity index (χ1) is 18.0. The van der Waals surface area contributed by atoms with Crippen LogP contribution in [-0.4, -0.2) is 43.8 Å². The summed E-state index contributed by atoms with van der Waals surface area (Å²) in [6.45, 7) is 7.02. The molecule has 0 spiro atoms. The highest BCUT2D eigenvalue weighted by Crippen LogP contribution is 2.26. The van der Waals surface area contributed by atoms with Crippen LogP contribution in [0.15, 0.2) is 83.8 Å². The molecule has 0 aliphatic carbocycles. The average molecular weight is 556 g/mol. The Labute approximate surface area is 230 Å². The zero-order valence-corrected chi connectivity index (χ0v) is 23.7. The van der Waals surface area contributed by atoms with Crippen molar-refractivity contribution in [2.45, 2.75) is 57.6 Å². The van der Waals surface area contributed by atoms with E-state index < -0.39 is 28.5 Å². The zero-order valence-electron chi connectivity index (χ0n) is 22.1. The smallest absolute Gasteiger partial charge is 0.264 e. The summed E-state index contributed by atoms with van der Waals surface area (Å²) in [4.78, 5) is 28.4. The van der Waals surface area contributed by atoms with Gasteiger partial charge in [-0.25, -0.2) is 8.42 Å². The van der Waals surface area contributed by atoms with Gasteiger partial charge in [0.2, 0.25) is 11.8 Å². The molecular weight excluding hydrogens is 522 g/mol. The van der Waals surface area contributed by atoms with Crippen LogP contribution in [0.3, 0.4) is 0 Å². The van der Waals surface area contributed by atoms with Crippen LogP contribution >= 0.6 is 11.6 Å². The number of benzene rings is 3. The van der Waals surface area contributed by atoms with Crippen molar-refractivity contribution in [3.05, 3.63) is 95.0 Å². The Morgan fingerprint density at radius 1 is 0.921 bits per heavy atom. The van der Waals surface area contributed by atoms with Crippen LogP contribution < -0.4 is 9.62 Å². The van der Waals surface area contributed by atoms with E-state index in [0.717, 1.165) is 21.9 Å². The Morgan fingerprint density at radius 3 is 2.11 bits per heavy atom. The van der Waals surface area contributed by atoms with E-state index in [2.05, 4.69) is 5.32 Å². The molecule has 3 rings (SSSR count). The summed E-state index contributed by atoms with van der Waals surface area (Å²) in [5.41, 5.74) is 2.02. The van der Waals surface area contributed by atoms with Crippen LogP contribution in [0.25, 0.3) is 0 Å². The summed E-state index contributed by atoms with van der Waals surface area (Å²) >= 11 is 6.05. The topological polar surface area (TPSA) is 86.8 Å². The number of aryl methyl sites for hydroxylation is 1. The molecule has 0 aliphatic rings. The molecule has 9 heteroatoms. The number of carbonyl (C=O) groups is 2. The highest BCUT2D eigenvalue weighted by atomic mass is 35.5. The quantitative estimate of drug-likeness (QED) is 0.353. The molecular formula is C29H34ClN3O4S. The van der Waals surface area contributed by atoms with Gasteiger partial charge in [-0.2, -0.15) is 0 Å². The summed E-state index contributed by atoms with van der Waals surface area (Å²) in [7, 11) is -4.11. The summed E-state index contributed by atoms with van der Waals surface area (Å²) in [5.74, 6) is -0.811. The molecule has 0 aromatic heterocycles. The van der Waals surface area contributed by atoms with Gasteiger partial charge in [-0.05, 0) is 69.2 Å². The Hall–Kier alpha value is -3.36. The van der Waals surface area contributed by atoms with Crippen LogP contribution in [0.1, 0.15) is 38.3 Å². The lowest BCUT2D eigenvalue weighted by Crippen LogP contribution is -2.52. The number of carbonyl (C=O) groups excluding carboxylic acids is 2. The predicted octanol–water partition coefficient (Wildman–Crippen LogP) is 5.18. The highest BCUT2D eigenvalue weighted by molar-refractivity contribution is 7.92. The minimum absolute atomic E-state index is 0.0584. The second-order valence-electron chi connectivity index (χ2n) is 9.30. The van der Waals surface area contributed by atoms with Crippen molar-refractivity contribution >= 4 is 39.1 Å². The summed E-state index contributed by atoms with van der Waals surface area (Å²) in [6.07, 6.45) is 0.740. The van der Waals surface area contributed by atoms with E-state index in [1.54, 1.807) is 43.3 Å². The molecule has 0 saturated heterocycles. The van der Waals surface area contributed by atoms with E-state index in [9.17, 15) is 18.0 Å². The second-order valence-corrected chi connectivity index (χ2v) is 11.6. The molecule has 2 amide bonds. The number of nitrogens with one attached hydrogen (secondary N) is 1. The Bertz CT molecular complexity index is 1330. The van der Waals surface area contributed by atoms with Gasteiger partial charge in [0.05, 0.1) is 10.6 Å². The summed E-state index contributed by atoms with van der Waals surface area (Å²) < 4.78 is 28.6. The molecule has 1 N–H and O–H groups in total. The molecule has 202 valence electrons. The van der Waals surface area contributed by atoms with Crippen molar-refractivity contribution in [3.63, 3.8) is 0 Å². The van der Waals surface area contributed by atoms with Crippen molar-refractivity contribution in [2.75, 3.05) is 10.8 Å². The number of halogens is 1. The van der Waals surface area contributed by atoms with Crippen LogP contribution in [0.2, 0.25) is 5.02 Å². The van der Waals surface area contributed by atoms with Crippen LogP contribution in [0.4, 0.5) is 5.69 Å². The maximum Gasteiger partial charge on any atom is 0.264 e. The van der Waals surface area contributed by atoms with Crippen molar-refractivity contribution in [2.24, 2.45) is 0 Å². The number of anilines is 1. The molecule has 0 aliphatic heterocycles. The lowest BCUT2D eigenvalue weighted by molar-refractivity contribution is -0.139. The molecule has 38 heavy (non-hydrogen) atoms. The maximum absolute atomic E-state index is 13.8. The first-order valence-corrected chi connectivity index (χ1v) is 14.3.